The maximum absolute atomic E-state index is 14.4. The van der Waals surface area contributed by atoms with Crippen LogP contribution in [0.3, 0.4) is 0 Å². The number of allylic oxidation sites excluding steroid dienone is 3. The van der Waals surface area contributed by atoms with Crippen molar-refractivity contribution >= 4 is 53.0 Å². The van der Waals surface area contributed by atoms with E-state index in [0.717, 1.165) is 21.4 Å². The lowest BCUT2D eigenvalue weighted by Gasteiger charge is -2.47. The SMILES string of the molecule is COc1cc(C=C[C@H]2C3=CC[C@@H]4C(=O)N(CCC(=O)O)C(=O)[C@@H]4[C@@H]3C[C@H]3C(=O)N(c4ccc(F)c(Cl)c4)C(=O)[C@@]23C)cc(OC)c1O. The predicted molar refractivity (Wildman–Crippen MR) is 166 cm³/mol. The van der Waals surface area contributed by atoms with Crippen LogP contribution in [0.25, 0.3) is 6.08 Å². The second-order valence-electron chi connectivity index (χ2n) is 12.4. The van der Waals surface area contributed by atoms with Crippen molar-refractivity contribution in [2.45, 2.75) is 26.2 Å². The first-order valence-corrected chi connectivity index (χ1v) is 15.4. The summed E-state index contributed by atoms with van der Waals surface area (Å²) in [6.45, 7) is 1.44. The molecule has 4 amide bonds. The summed E-state index contributed by atoms with van der Waals surface area (Å²) in [5.74, 6) is -7.54. The maximum Gasteiger partial charge on any atom is 0.305 e. The number of phenolic OH excluding ortho intramolecular Hbond substituents is 1. The Kier molecular flexibility index (Phi) is 8.11. The van der Waals surface area contributed by atoms with Gasteiger partial charge < -0.3 is 19.7 Å². The van der Waals surface area contributed by atoms with Gasteiger partial charge in [-0.15, -0.1) is 0 Å². The summed E-state index contributed by atoms with van der Waals surface area (Å²) in [7, 11) is 2.78. The summed E-state index contributed by atoms with van der Waals surface area (Å²) in [5.41, 5.74) is 0.0439. The normalized spacial score (nSPS) is 28.4. The Labute approximate surface area is 274 Å². The van der Waals surface area contributed by atoms with Crippen LogP contribution in [0.2, 0.25) is 5.02 Å². The number of carbonyl (C=O) groups is 5. The van der Waals surface area contributed by atoms with E-state index in [-0.39, 0.29) is 47.3 Å². The van der Waals surface area contributed by atoms with Crippen LogP contribution in [0.4, 0.5) is 10.1 Å². The summed E-state index contributed by atoms with van der Waals surface area (Å²) >= 11 is 6.04. The van der Waals surface area contributed by atoms with Gasteiger partial charge in [0.25, 0.3) is 0 Å². The molecule has 6 rings (SSSR count). The number of carboxylic acids is 1. The van der Waals surface area contributed by atoms with Gasteiger partial charge in [0, 0.05) is 12.5 Å². The number of rotatable bonds is 8. The highest BCUT2D eigenvalue weighted by Gasteiger charge is 2.66. The fraction of sp³-hybridized carbons (Fsp3) is 0.382. The minimum Gasteiger partial charge on any atom is -0.502 e. The number of carbonyl (C=O) groups excluding carboxylic acids is 4. The standard InChI is InChI=1S/C34H32ClFN2O9/c1-34-21(8-4-16-12-25(46-2)29(41)26(13-16)47-3)18-6-7-19-28(32(44)37(30(19)42)11-10-27(39)40)20(18)15-22(34)31(43)38(33(34)45)17-5-9-24(36)23(35)14-17/h4-6,8-9,12-14,19-22,28,41H,7,10-11,15H2,1-3H3,(H,39,40)/t19-,20+,21-,22-,28-,34-/m0/s1. The number of likely N-dealkylation sites (tertiary alicyclic amines) is 1. The molecule has 2 aliphatic heterocycles. The van der Waals surface area contributed by atoms with E-state index in [1.54, 1.807) is 31.2 Å². The van der Waals surface area contributed by atoms with Gasteiger partial charge in [0.2, 0.25) is 29.4 Å². The number of hydrogen-bond donors (Lipinski definition) is 2. The molecule has 0 radical (unpaired) electrons. The molecule has 0 bridgehead atoms. The van der Waals surface area contributed by atoms with Gasteiger partial charge >= 0.3 is 5.97 Å². The van der Waals surface area contributed by atoms with Crippen molar-refractivity contribution in [2.24, 2.45) is 35.0 Å². The highest BCUT2D eigenvalue weighted by Crippen LogP contribution is 2.61. The molecule has 2 aromatic carbocycles. The van der Waals surface area contributed by atoms with Gasteiger partial charge in [-0.1, -0.05) is 35.4 Å². The van der Waals surface area contributed by atoms with Gasteiger partial charge in [-0.3, -0.25) is 28.9 Å². The Hall–Kier alpha value is -4.71. The summed E-state index contributed by atoms with van der Waals surface area (Å²) in [5, 5.41) is 19.3. The number of methoxy groups -OCH3 is 2. The molecule has 0 unspecified atom stereocenters. The summed E-state index contributed by atoms with van der Waals surface area (Å²) in [6.07, 6.45) is 5.25. The van der Waals surface area contributed by atoms with E-state index in [4.69, 9.17) is 21.1 Å². The molecule has 2 aliphatic carbocycles. The largest absolute Gasteiger partial charge is 0.502 e. The quantitative estimate of drug-likeness (QED) is 0.308. The molecule has 2 saturated heterocycles. The number of fused-ring (bicyclic) bond motifs is 4. The first-order valence-electron chi connectivity index (χ1n) is 15.1. The van der Waals surface area contributed by atoms with Crippen molar-refractivity contribution in [1.29, 1.82) is 0 Å². The van der Waals surface area contributed by atoms with Gasteiger partial charge in [-0.2, -0.15) is 0 Å². The van der Waals surface area contributed by atoms with E-state index >= 15 is 0 Å². The average molecular weight is 667 g/mol. The number of ether oxygens (including phenoxy) is 2. The Morgan fingerprint density at radius 1 is 1.06 bits per heavy atom. The van der Waals surface area contributed by atoms with Crippen LogP contribution >= 0.6 is 11.6 Å². The number of aliphatic carboxylic acids is 1. The van der Waals surface area contributed by atoms with Gasteiger partial charge in [0.05, 0.1) is 54.5 Å². The molecule has 246 valence electrons. The Morgan fingerprint density at radius 3 is 2.36 bits per heavy atom. The highest BCUT2D eigenvalue weighted by molar-refractivity contribution is 6.31. The topological polar surface area (TPSA) is 151 Å². The van der Waals surface area contributed by atoms with E-state index in [9.17, 15) is 38.6 Å². The van der Waals surface area contributed by atoms with Gasteiger partial charge in [0.15, 0.2) is 11.5 Å². The van der Waals surface area contributed by atoms with Crippen molar-refractivity contribution in [2.75, 3.05) is 25.7 Å². The number of halogens is 2. The van der Waals surface area contributed by atoms with Crippen molar-refractivity contribution < 1.29 is 48.0 Å². The number of carboxylic acid groups (broad SMARTS) is 1. The maximum atomic E-state index is 14.4. The third-order valence-electron chi connectivity index (χ3n) is 10.1. The van der Waals surface area contributed by atoms with Crippen molar-refractivity contribution in [1.82, 2.24) is 4.90 Å². The predicted octanol–water partition coefficient (Wildman–Crippen LogP) is 4.45. The second-order valence-corrected chi connectivity index (χ2v) is 12.8. The molecule has 0 spiro atoms. The van der Waals surface area contributed by atoms with Crippen LogP contribution in [0.5, 0.6) is 17.2 Å². The zero-order valence-electron chi connectivity index (χ0n) is 25.7. The molecule has 2 N–H and O–H groups in total. The Bertz CT molecular complexity index is 1770. The van der Waals surface area contributed by atoms with E-state index in [2.05, 4.69) is 0 Å². The van der Waals surface area contributed by atoms with E-state index in [1.807, 2.05) is 6.08 Å². The third-order valence-corrected chi connectivity index (χ3v) is 10.4. The second kappa shape index (κ2) is 11.8. The van der Waals surface area contributed by atoms with Gasteiger partial charge in [-0.25, -0.2) is 9.29 Å². The Morgan fingerprint density at radius 2 is 1.74 bits per heavy atom. The van der Waals surface area contributed by atoms with Crippen LogP contribution in [0, 0.1) is 40.8 Å². The molecule has 2 aromatic rings. The summed E-state index contributed by atoms with van der Waals surface area (Å²) in [6, 6.07) is 6.75. The van der Waals surface area contributed by atoms with Gasteiger partial charge in [0.1, 0.15) is 5.82 Å². The minimum atomic E-state index is -1.34. The monoisotopic (exact) mass is 666 g/mol. The molecule has 6 atom stereocenters. The lowest BCUT2D eigenvalue weighted by atomic mass is 9.52. The number of phenols is 1. The fourth-order valence-corrected chi connectivity index (χ4v) is 7.97. The third kappa shape index (κ3) is 4.97. The molecule has 11 nitrogen and oxygen atoms in total. The fourth-order valence-electron chi connectivity index (χ4n) is 7.80. The molecule has 47 heavy (non-hydrogen) atoms. The van der Waals surface area contributed by atoms with Crippen LogP contribution in [-0.2, 0) is 24.0 Å². The molecular weight excluding hydrogens is 635 g/mol. The first-order chi connectivity index (χ1) is 22.3. The number of imide groups is 2. The average Bonchev–Trinajstić information content (AvgIpc) is 3.40. The molecule has 13 heteroatoms. The lowest BCUT2D eigenvalue weighted by molar-refractivity contribution is -0.142. The summed E-state index contributed by atoms with van der Waals surface area (Å²) < 4.78 is 24.7. The Balaban J connectivity index is 1.46. The highest BCUT2D eigenvalue weighted by atomic mass is 35.5. The van der Waals surface area contributed by atoms with Crippen LogP contribution in [-0.4, -0.2) is 65.5 Å². The molecular formula is C34H32ClFN2O9. The van der Waals surface area contributed by atoms with Gasteiger partial charge in [-0.05, 0) is 61.6 Å². The zero-order valence-corrected chi connectivity index (χ0v) is 26.5. The number of anilines is 1. The van der Waals surface area contributed by atoms with E-state index < -0.39 is 76.8 Å². The number of hydrogen-bond acceptors (Lipinski definition) is 8. The number of nitrogens with zero attached hydrogens (tertiary/aromatic N) is 2. The van der Waals surface area contributed by atoms with Crippen LogP contribution < -0.4 is 14.4 Å². The molecule has 1 saturated carbocycles. The van der Waals surface area contributed by atoms with E-state index in [1.165, 1.54) is 26.4 Å². The molecule has 2 heterocycles. The molecule has 0 aromatic heterocycles. The number of amides is 4. The van der Waals surface area contributed by atoms with Crippen LogP contribution in [0.15, 0.2) is 48.1 Å². The van der Waals surface area contributed by atoms with Crippen molar-refractivity contribution in [3.63, 3.8) is 0 Å². The van der Waals surface area contributed by atoms with Crippen LogP contribution in [0.1, 0.15) is 31.7 Å². The molecule has 4 aliphatic rings. The van der Waals surface area contributed by atoms with Crippen molar-refractivity contribution in [3.05, 3.63) is 64.5 Å². The number of benzene rings is 2. The minimum absolute atomic E-state index is 0.0937. The zero-order chi connectivity index (χ0) is 33.9. The van der Waals surface area contributed by atoms with E-state index in [0.29, 0.717) is 5.56 Å². The first kappa shape index (κ1) is 32.2. The number of aromatic hydroxyl groups is 1. The molecule has 3 fully saturated rings. The van der Waals surface area contributed by atoms with Crippen molar-refractivity contribution in [3.8, 4) is 17.2 Å². The summed E-state index contributed by atoms with van der Waals surface area (Å²) in [4.78, 5) is 68.9. The lowest BCUT2D eigenvalue weighted by Crippen LogP contribution is -2.49. The smallest absolute Gasteiger partial charge is 0.305 e.